The molecule has 1 aromatic carbocycles. The topological polar surface area (TPSA) is 18.5 Å². The Labute approximate surface area is 133 Å². The smallest absolute Gasteiger partial charge is 0.130 e. The number of methoxy groups -OCH3 is 2. The van der Waals surface area contributed by atoms with Crippen LogP contribution in [0.5, 0.6) is 11.5 Å². The van der Waals surface area contributed by atoms with E-state index in [0.29, 0.717) is 5.41 Å². The van der Waals surface area contributed by atoms with Crippen molar-refractivity contribution in [2.45, 2.75) is 40.5 Å². The Kier molecular flexibility index (Phi) is 2.64. The Balaban J connectivity index is 1.94. The van der Waals surface area contributed by atoms with Crippen molar-refractivity contribution >= 4 is 5.57 Å². The van der Waals surface area contributed by atoms with E-state index in [1.165, 1.54) is 17.5 Å². The summed E-state index contributed by atoms with van der Waals surface area (Å²) in [6.07, 6.45) is 2.43. The molecule has 1 fully saturated rings. The van der Waals surface area contributed by atoms with E-state index >= 15 is 0 Å². The predicted molar refractivity (Wildman–Crippen MR) is 89.3 cm³/mol. The largest absolute Gasteiger partial charge is 0.497 e. The molecule has 1 saturated carbocycles. The molecule has 0 amide bonds. The molecule has 0 N–H and O–H groups in total. The quantitative estimate of drug-likeness (QED) is 0.787. The molecular formula is C20H26O2. The third kappa shape index (κ3) is 1.46. The number of hydrogen-bond acceptors (Lipinski definition) is 2. The Hall–Kier alpha value is -1.44. The predicted octanol–water partition coefficient (Wildman–Crippen LogP) is 4.72. The molecule has 4 aliphatic carbocycles. The Bertz CT molecular complexity index is 694. The molecule has 0 spiro atoms. The molecule has 0 aromatic heterocycles. The van der Waals surface area contributed by atoms with Crippen LogP contribution in [-0.4, -0.2) is 14.2 Å². The fourth-order valence-electron chi connectivity index (χ4n) is 5.75. The van der Waals surface area contributed by atoms with Gasteiger partial charge in [-0.1, -0.05) is 33.3 Å². The lowest BCUT2D eigenvalue weighted by atomic mass is 9.40. The average molecular weight is 298 g/mol. The summed E-state index contributed by atoms with van der Waals surface area (Å²) in [6, 6.07) is 4.24. The van der Waals surface area contributed by atoms with E-state index in [-0.39, 0.29) is 5.41 Å². The van der Waals surface area contributed by atoms with Crippen LogP contribution in [0.3, 0.4) is 0 Å². The zero-order chi connectivity index (χ0) is 15.9. The molecule has 2 bridgehead atoms. The Morgan fingerprint density at radius 1 is 1.05 bits per heavy atom. The maximum atomic E-state index is 5.73. The summed E-state index contributed by atoms with van der Waals surface area (Å²) in [5, 5.41) is 0. The van der Waals surface area contributed by atoms with Crippen molar-refractivity contribution in [3.8, 4) is 11.5 Å². The van der Waals surface area contributed by atoms with Crippen molar-refractivity contribution < 1.29 is 9.47 Å². The summed E-state index contributed by atoms with van der Waals surface area (Å²) in [6.45, 7) is 9.78. The first kappa shape index (κ1) is 14.2. The van der Waals surface area contributed by atoms with Gasteiger partial charge in [-0.2, -0.15) is 0 Å². The lowest BCUT2D eigenvalue weighted by Crippen LogP contribution is -2.56. The minimum absolute atomic E-state index is 0.223. The van der Waals surface area contributed by atoms with Gasteiger partial charge in [-0.3, -0.25) is 0 Å². The molecule has 118 valence electrons. The van der Waals surface area contributed by atoms with Crippen molar-refractivity contribution in [2.75, 3.05) is 14.2 Å². The van der Waals surface area contributed by atoms with Crippen LogP contribution in [0.1, 0.15) is 45.2 Å². The van der Waals surface area contributed by atoms with Crippen LogP contribution in [0.2, 0.25) is 0 Å². The fraction of sp³-hybridized carbons (Fsp3) is 0.600. The minimum Gasteiger partial charge on any atom is -0.497 e. The van der Waals surface area contributed by atoms with Crippen LogP contribution in [0.15, 0.2) is 17.7 Å². The van der Waals surface area contributed by atoms with Gasteiger partial charge in [0.25, 0.3) is 0 Å². The first-order chi connectivity index (χ1) is 10.3. The molecule has 0 saturated heterocycles. The minimum atomic E-state index is 0.223. The van der Waals surface area contributed by atoms with E-state index in [2.05, 4.69) is 33.8 Å². The normalized spacial score (nSPS) is 29.5. The van der Waals surface area contributed by atoms with Gasteiger partial charge in [-0.15, -0.1) is 0 Å². The highest BCUT2D eigenvalue weighted by Crippen LogP contribution is 2.72. The molecule has 1 aromatic rings. The van der Waals surface area contributed by atoms with Gasteiger partial charge >= 0.3 is 0 Å². The van der Waals surface area contributed by atoms with Gasteiger partial charge in [0.1, 0.15) is 11.5 Å². The van der Waals surface area contributed by atoms with Crippen LogP contribution >= 0.6 is 0 Å². The molecule has 4 aliphatic rings. The van der Waals surface area contributed by atoms with Crippen molar-refractivity contribution in [1.29, 1.82) is 0 Å². The highest BCUT2D eigenvalue weighted by molar-refractivity contribution is 5.86. The van der Waals surface area contributed by atoms with E-state index in [4.69, 9.17) is 9.47 Å². The van der Waals surface area contributed by atoms with Gasteiger partial charge < -0.3 is 9.47 Å². The number of allylic oxidation sites excluding steroid dienone is 2. The van der Waals surface area contributed by atoms with E-state index in [1.807, 2.05) is 6.07 Å². The monoisotopic (exact) mass is 298 g/mol. The van der Waals surface area contributed by atoms with Crippen LogP contribution in [0.4, 0.5) is 0 Å². The van der Waals surface area contributed by atoms with Gasteiger partial charge in [0.05, 0.1) is 14.2 Å². The third-order valence-electron chi connectivity index (χ3n) is 6.77. The van der Waals surface area contributed by atoms with Crippen LogP contribution in [0.25, 0.3) is 5.57 Å². The van der Waals surface area contributed by atoms with Crippen LogP contribution < -0.4 is 9.47 Å². The number of rotatable bonds is 2. The fourth-order valence-corrected chi connectivity index (χ4v) is 5.75. The van der Waals surface area contributed by atoms with Gasteiger partial charge in [0.15, 0.2) is 0 Å². The highest BCUT2D eigenvalue weighted by atomic mass is 16.5. The van der Waals surface area contributed by atoms with Crippen molar-refractivity contribution in [2.24, 2.45) is 22.7 Å². The Morgan fingerprint density at radius 3 is 2.36 bits per heavy atom. The van der Waals surface area contributed by atoms with E-state index in [0.717, 1.165) is 29.8 Å². The standard InChI is InChI=1S/C20H26O2/c1-19(2)14-10-16(19)20(3,4)18-13(14)8-11-7-12(21-5)9-15(22-6)17(11)18/h7,9,14,16H,8,10H2,1-6H3/t14-,16-/m1/s1. The van der Waals surface area contributed by atoms with E-state index in [9.17, 15) is 0 Å². The molecule has 22 heavy (non-hydrogen) atoms. The molecule has 0 unspecified atom stereocenters. The number of benzene rings is 1. The number of fused-ring (bicyclic) bond motifs is 1. The third-order valence-corrected chi connectivity index (χ3v) is 6.77. The molecular weight excluding hydrogens is 272 g/mol. The summed E-state index contributed by atoms with van der Waals surface area (Å²) in [5.74, 6) is 3.39. The van der Waals surface area contributed by atoms with Crippen molar-refractivity contribution in [3.05, 3.63) is 28.8 Å². The summed E-state index contributed by atoms with van der Waals surface area (Å²) in [4.78, 5) is 0. The second-order valence-electron chi connectivity index (χ2n) is 8.32. The maximum absolute atomic E-state index is 5.73. The van der Waals surface area contributed by atoms with Gasteiger partial charge in [0, 0.05) is 11.6 Å². The summed E-state index contributed by atoms with van der Waals surface area (Å²) in [7, 11) is 3.50. The molecule has 5 rings (SSSR count). The second-order valence-corrected chi connectivity index (χ2v) is 8.32. The lowest BCUT2D eigenvalue weighted by Gasteiger charge is -2.64. The maximum Gasteiger partial charge on any atom is 0.130 e. The summed E-state index contributed by atoms with van der Waals surface area (Å²) >= 11 is 0. The first-order valence-electron chi connectivity index (χ1n) is 8.31. The van der Waals surface area contributed by atoms with Gasteiger partial charge in [-0.25, -0.2) is 0 Å². The Morgan fingerprint density at radius 2 is 1.77 bits per heavy atom. The SMILES string of the molecule is COc1cc2c(c(OC)c1)C1=C(C2)[C@H]2C[C@@H](C1(C)C)C2(C)C. The first-order valence-corrected chi connectivity index (χ1v) is 8.31. The number of hydrogen-bond donors (Lipinski definition) is 0. The van der Waals surface area contributed by atoms with Gasteiger partial charge in [0.2, 0.25) is 0 Å². The highest BCUT2D eigenvalue weighted by Gasteiger charge is 2.62. The van der Waals surface area contributed by atoms with Gasteiger partial charge in [-0.05, 0) is 52.7 Å². The second kappa shape index (κ2) is 4.10. The van der Waals surface area contributed by atoms with Crippen molar-refractivity contribution in [1.82, 2.24) is 0 Å². The summed E-state index contributed by atoms with van der Waals surface area (Å²) in [5.41, 5.74) is 6.63. The van der Waals surface area contributed by atoms with Crippen molar-refractivity contribution in [3.63, 3.8) is 0 Å². The molecule has 2 atom stereocenters. The molecule has 2 heteroatoms. The van der Waals surface area contributed by atoms with Crippen LogP contribution in [-0.2, 0) is 6.42 Å². The zero-order valence-electron chi connectivity index (χ0n) is 14.5. The van der Waals surface area contributed by atoms with E-state index < -0.39 is 0 Å². The molecule has 0 radical (unpaired) electrons. The molecule has 0 heterocycles. The lowest BCUT2D eigenvalue weighted by molar-refractivity contribution is -0.0653. The zero-order valence-corrected chi connectivity index (χ0v) is 14.5. The number of ether oxygens (including phenoxy) is 2. The van der Waals surface area contributed by atoms with E-state index in [1.54, 1.807) is 25.4 Å². The molecule has 0 aliphatic heterocycles. The summed E-state index contributed by atoms with van der Waals surface area (Å²) < 4.78 is 11.2. The average Bonchev–Trinajstić information content (AvgIpc) is 2.84. The van der Waals surface area contributed by atoms with Crippen LogP contribution in [0, 0.1) is 22.7 Å². The molecule has 2 nitrogen and oxygen atoms in total.